The van der Waals surface area contributed by atoms with Crippen molar-refractivity contribution < 1.29 is 38.1 Å². The first-order valence-electron chi connectivity index (χ1n) is 22.5. The Balaban J connectivity index is 1.03. The van der Waals surface area contributed by atoms with E-state index in [1.54, 1.807) is 4.90 Å². The van der Waals surface area contributed by atoms with Crippen molar-refractivity contribution in [3.8, 4) is 28.1 Å². The minimum Gasteiger partial charge on any atom is -0.488 e. The van der Waals surface area contributed by atoms with Gasteiger partial charge in [0, 0.05) is 36.2 Å². The van der Waals surface area contributed by atoms with Crippen molar-refractivity contribution >= 4 is 45.8 Å². The number of benzene rings is 3. The van der Waals surface area contributed by atoms with Crippen LogP contribution in [0.3, 0.4) is 0 Å². The van der Waals surface area contributed by atoms with E-state index in [2.05, 4.69) is 63.9 Å². The number of nitrogens with zero attached hydrogens (tertiary/aromatic N) is 4. The molecule has 0 saturated carbocycles. The average Bonchev–Trinajstić information content (AvgIpc) is 4.06. The molecule has 16 nitrogen and oxygen atoms in total. The number of H-pyrrole nitrogens is 2. The van der Waals surface area contributed by atoms with E-state index in [9.17, 15) is 19.2 Å². The first kappa shape index (κ1) is 44.4. The van der Waals surface area contributed by atoms with Gasteiger partial charge in [-0.3, -0.25) is 9.59 Å². The number of hydrogen-bond acceptors (Lipinski definition) is 10. The molecule has 64 heavy (non-hydrogen) atoms. The van der Waals surface area contributed by atoms with Crippen LogP contribution in [-0.4, -0.2) is 105 Å². The zero-order valence-corrected chi connectivity index (χ0v) is 37.8. The number of fused-ring (bicyclic) bond motifs is 6. The average molecular weight is 877 g/mol. The molecular weight excluding hydrogens is 817 g/mol. The molecule has 5 heterocycles. The highest BCUT2D eigenvalue weighted by Crippen LogP contribution is 2.43. The number of imidazole rings is 2. The summed E-state index contributed by atoms with van der Waals surface area (Å²) >= 11 is 0. The number of carbonyl (C=O) groups excluding carboxylic acids is 4. The van der Waals surface area contributed by atoms with E-state index in [1.165, 1.54) is 14.2 Å². The van der Waals surface area contributed by atoms with Gasteiger partial charge in [0.05, 0.1) is 49.7 Å². The van der Waals surface area contributed by atoms with E-state index in [1.807, 2.05) is 44.9 Å². The Labute approximate surface area is 373 Å². The summed E-state index contributed by atoms with van der Waals surface area (Å²) in [4.78, 5) is 73.4. The Morgan fingerprint density at radius 2 is 1.70 bits per heavy atom. The van der Waals surface area contributed by atoms with Crippen LogP contribution < -0.4 is 15.4 Å². The van der Waals surface area contributed by atoms with Gasteiger partial charge >= 0.3 is 12.2 Å². The molecule has 2 aromatic heterocycles. The van der Waals surface area contributed by atoms with E-state index >= 15 is 0 Å². The Morgan fingerprint density at radius 3 is 2.44 bits per heavy atom. The fraction of sp³-hybridized carbons (Fsp3) is 0.500. The van der Waals surface area contributed by atoms with Gasteiger partial charge in [-0.1, -0.05) is 45.4 Å². The summed E-state index contributed by atoms with van der Waals surface area (Å²) < 4.78 is 21.7. The minimum absolute atomic E-state index is 0.0301. The van der Waals surface area contributed by atoms with Gasteiger partial charge in [-0.15, -0.1) is 0 Å². The maximum atomic E-state index is 14.3. The molecule has 0 spiro atoms. The Kier molecular flexibility index (Phi) is 13.1. The molecule has 0 unspecified atom stereocenters. The highest BCUT2D eigenvalue weighted by Gasteiger charge is 2.43. The van der Waals surface area contributed by atoms with Crippen molar-refractivity contribution in [3.63, 3.8) is 0 Å². The molecule has 4 amide bonds. The van der Waals surface area contributed by atoms with Gasteiger partial charge in [-0.25, -0.2) is 19.6 Å². The number of nitrogens with one attached hydrogen (secondary N) is 4. The minimum atomic E-state index is -0.750. The molecular formula is C48H60N8O8. The first-order valence-corrected chi connectivity index (χ1v) is 22.5. The van der Waals surface area contributed by atoms with Crippen LogP contribution in [0.5, 0.6) is 5.75 Å². The second kappa shape index (κ2) is 18.9. The van der Waals surface area contributed by atoms with Gasteiger partial charge in [-0.05, 0) is 104 Å². The third kappa shape index (κ3) is 8.84. The molecule has 4 N–H and O–H groups in total. The lowest BCUT2D eigenvalue weighted by Gasteiger charge is -2.36. The van der Waals surface area contributed by atoms with Crippen molar-refractivity contribution in [2.75, 3.05) is 27.4 Å². The molecule has 0 bridgehead atoms. The number of amides is 4. The molecule has 2 saturated heterocycles. The van der Waals surface area contributed by atoms with Gasteiger partial charge in [0.25, 0.3) is 0 Å². The number of ether oxygens (including phenoxy) is 4. The molecule has 5 aromatic rings. The van der Waals surface area contributed by atoms with Gasteiger partial charge in [-0.2, -0.15) is 0 Å². The summed E-state index contributed by atoms with van der Waals surface area (Å²) in [6, 6.07) is 12.7. The van der Waals surface area contributed by atoms with E-state index in [0.717, 1.165) is 81.2 Å². The molecule has 2 fully saturated rings. The van der Waals surface area contributed by atoms with Crippen molar-refractivity contribution in [1.82, 2.24) is 40.4 Å². The molecule has 0 aliphatic carbocycles. The smallest absolute Gasteiger partial charge is 0.407 e. The number of methoxy groups -OCH3 is 2. The fourth-order valence-corrected chi connectivity index (χ4v) is 9.70. The molecule has 0 radical (unpaired) electrons. The fourth-order valence-electron chi connectivity index (χ4n) is 9.70. The van der Waals surface area contributed by atoms with Crippen LogP contribution in [-0.2, 0) is 37.0 Å². The Hall–Kier alpha value is -6.16. The second-order valence-electron chi connectivity index (χ2n) is 17.8. The summed E-state index contributed by atoms with van der Waals surface area (Å²) in [6.07, 6.45) is 5.17. The summed E-state index contributed by atoms with van der Waals surface area (Å²) in [5.41, 5.74) is 6.53. The lowest BCUT2D eigenvalue weighted by Crippen LogP contribution is -2.54. The van der Waals surface area contributed by atoms with Crippen LogP contribution >= 0.6 is 0 Å². The highest BCUT2D eigenvalue weighted by molar-refractivity contribution is 6.07. The maximum Gasteiger partial charge on any atom is 0.407 e. The van der Waals surface area contributed by atoms with Crippen molar-refractivity contribution in [2.24, 2.45) is 11.8 Å². The number of aromatic nitrogens is 4. The SMILES string of the molecule is CCC[C@H](C)N(Cc1nc2ccc3cc4c(cc3c2[nH]1)OCc1cc(-c2cnc([C@@H]3CC[C@H](C)N3C(=O)[C@@H](NC(=O)OC)C3CCOCC3)[nH]2)ccc1-4)C(=O)[C@@H](NC(=O)OC)C(C)C. The normalized spacial score (nSPS) is 18.8. The summed E-state index contributed by atoms with van der Waals surface area (Å²) in [6.45, 7) is 11.7. The third-order valence-electron chi connectivity index (χ3n) is 13.2. The van der Waals surface area contributed by atoms with E-state index in [4.69, 9.17) is 28.9 Å². The van der Waals surface area contributed by atoms with E-state index < -0.39 is 24.3 Å². The molecule has 16 heteroatoms. The zero-order chi connectivity index (χ0) is 45.2. The van der Waals surface area contributed by atoms with Crippen LogP contribution in [0.4, 0.5) is 9.59 Å². The zero-order valence-electron chi connectivity index (χ0n) is 37.8. The quantitative estimate of drug-likeness (QED) is 0.0909. The number of rotatable bonds is 13. The molecule has 5 atom stereocenters. The molecule has 3 aromatic carbocycles. The van der Waals surface area contributed by atoms with Gasteiger partial charge in [0.2, 0.25) is 11.8 Å². The number of aromatic amines is 2. The topological polar surface area (TPSA) is 193 Å². The van der Waals surface area contributed by atoms with Crippen LogP contribution in [0.1, 0.15) is 96.4 Å². The molecule has 8 rings (SSSR count). The lowest BCUT2D eigenvalue weighted by molar-refractivity contribution is -0.139. The first-order chi connectivity index (χ1) is 30.9. The monoisotopic (exact) mass is 876 g/mol. The lowest BCUT2D eigenvalue weighted by atomic mass is 9.90. The summed E-state index contributed by atoms with van der Waals surface area (Å²) in [5.74, 6) is 1.61. The van der Waals surface area contributed by atoms with Crippen molar-refractivity contribution in [3.05, 3.63) is 65.9 Å². The number of carbonyl (C=O) groups is 4. The van der Waals surface area contributed by atoms with Crippen LogP contribution in [0.25, 0.3) is 44.2 Å². The van der Waals surface area contributed by atoms with Gasteiger partial charge in [0.15, 0.2) is 0 Å². The summed E-state index contributed by atoms with van der Waals surface area (Å²) in [7, 11) is 2.60. The van der Waals surface area contributed by atoms with E-state index in [0.29, 0.717) is 44.3 Å². The van der Waals surface area contributed by atoms with Crippen LogP contribution in [0.15, 0.2) is 48.7 Å². The van der Waals surface area contributed by atoms with Crippen molar-refractivity contribution in [1.29, 1.82) is 0 Å². The van der Waals surface area contributed by atoms with Gasteiger partial charge < -0.3 is 49.3 Å². The predicted molar refractivity (Wildman–Crippen MR) is 241 cm³/mol. The number of likely N-dealkylation sites (tertiary alicyclic amines) is 1. The Morgan fingerprint density at radius 1 is 0.938 bits per heavy atom. The van der Waals surface area contributed by atoms with Crippen LogP contribution in [0.2, 0.25) is 0 Å². The van der Waals surface area contributed by atoms with Crippen molar-refractivity contribution in [2.45, 2.75) is 117 Å². The predicted octanol–water partition coefficient (Wildman–Crippen LogP) is 7.77. The van der Waals surface area contributed by atoms with Crippen LogP contribution in [0, 0.1) is 11.8 Å². The molecule has 3 aliphatic rings. The largest absolute Gasteiger partial charge is 0.488 e. The summed E-state index contributed by atoms with van der Waals surface area (Å²) in [5, 5.41) is 7.55. The van der Waals surface area contributed by atoms with Gasteiger partial charge in [0.1, 0.15) is 36.1 Å². The second-order valence-corrected chi connectivity index (χ2v) is 17.8. The highest BCUT2D eigenvalue weighted by atomic mass is 16.5. The number of alkyl carbamates (subject to hydrolysis) is 2. The third-order valence-corrected chi connectivity index (χ3v) is 13.2. The maximum absolute atomic E-state index is 14.3. The molecule has 3 aliphatic heterocycles. The Bertz CT molecular complexity index is 2530. The molecule has 340 valence electrons. The number of hydrogen-bond donors (Lipinski definition) is 4. The standard InChI is InChI=1S/C48H60N8O8/c1-8-9-27(4)55(45(57)41(26(2)3)53-47(59)61-6)24-40-50-36-14-12-30-21-35-33-13-11-31(20-32(33)25-64-39(35)22-34(30)43(36)52-40)37-23-49-44(51-37)38-15-10-28(5)56(38)46(58)42(54-48(60)62-7)29-16-18-63-19-17-29/h11-14,20-23,26-29,38,41-42H,8-10,15-19,24-25H2,1-7H3,(H,49,51)(H,50,52)(H,53,59)(H,54,60)/t27-,28-,38-,41-,42-/m0/s1. The van der Waals surface area contributed by atoms with E-state index in [-0.39, 0.29) is 48.3 Å².